The van der Waals surface area contributed by atoms with Gasteiger partial charge in [-0.15, -0.1) is 0 Å². The van der Waals surface area contributed by atoms with Crippen molar-refractivity contribution in [1.29, 1.82) is 0 Å². The first-order chi connectivity index (χ1) is 22.9. The van der Waals surface area contributed by atoms with Gasteiger partial charge in [0.25, 0.3) is 0 Å². The number of aromatic nitrogens is 3. The van der Waals surface area contributed by atoms with Gasteiger partial charge in [-0.2, -0.15) is 18.3 Å². The van der Waals surface area contributed by atoms with Gasteiger partial charge in [-0.25, -0.2) is 9.48 Å². The Morgan fingerprint density at radius 2 is 1.67 bits per heavy atom. The van der Waals surface area contributed by atoms with Gasteiger partial charge in [-0.3, -0.25) is 14.2 Å². The number of fused-ring (bicyclic) bond motifs is 1. The second-order valence-corrected chi connectivity index (χ2v) is 12.5. The van der Waals surface area contributed by atoms with Crippen LogP contribution < -0.4 is 10.6 Å². The number of carbonyl (C=O) groups is 3. The predicted octanol–water partition coefficient (Wildman–Crippen LogP) is 7.82. The van der Waals surface area contributed by atoms with E-state index in [1.807, 2.05) is 67.7 Å². The minimum Gasteiger partial charge on any atom is -0.481 e. The molecule has 3 aromatic carbocycles. The summed E-state index contributed by atoms with van der Waals surface area (Å²) in [5, 5.41) is 20.1. The van der Waals surface area contributed by atoms with Crippen molar-refractivity contribution in [3.63, 3.8) is 0 Å². The molecule has 3 N–H and O–H groups in total. The quantitative estimate of drug-likeness (QED) is 0.115. The molecular weight excluding hydrogens is 645 g/mol. The molecule has 0 spiro atoms. The van der Waals surface area contributed by atoms with E-state index in [1.165, 1.54) is 35.0 Å². The van der Waals surface area contributed by atoms with Crippen LogP contribution in [0.1, 0.15) is 24.1 Å². The standard InChI is InChI=1S/C34H33F3N6O4S/c1-41(2)17-16-22(32(45)46)9-15-31(44)42-21-29(40-33(47)39-25-10-12-27(13-11-25)48-34(35,36)37)28-18-23(8-14-30(28)42)24-19-38-43(20-24)26-6-4-3-5-7-26/h3-8,10-14,18-22H,9,15-17H2,1-2H3,(H,45,46)(H2,39,40,47). The van der Waals surface area contributed by atoms with Gasteiger partial charge in [0.2, 0.25) is 5.91 Å². The maximum Gasteiger partial charge on any atom is 0.446 e. The number of nitrogens with one attached hydrogen (secondary N) is 2. The van der Waals surface area contributed by atoms with Gasteiger partial charge in [-0.1, -0.05) is 24.3 Å². The van der Waals surface area contributed by atoms with Crippen molar-refractivity contribution in [3.8, 4) is 16.8 Å². The van der Waals surface area contributed by atoms with Crippen LogP contribution in [0.2, 0.25) is 0 Å². The molecule has 10 nitrogen and oxygen atoms in total. The van der Waals surface area contributed by atoms with Crippen molar-refractivity contribution in [2.24, 2.45) is 5.92 Å². The lowest BCUT2D eigenvalue weighted by atomic mass is 9.99. The van der Waals surface area contributed by atoms with Crippen LogP contribution in [0.5, 0.6) is 0 Å². The number of hydrogen-bond donors (Lipinski definition) is 3. The number of halogens is 3. The highest BCUT2D eigenvalue weighted by Gasteiger charge is 2.29. The number of hydrogen-bond acceptors (Lipinski definition) is 6. The molecule has 0 aliphatic carbocycles. The molecule has 0 aliphatic rings. The van der Waals surface area contributed by atoms with Gasteiger partial charge < -0.3 is 20.6 Å². The first-order valence-corrected chi connectivity index (χ1v) is 15.8. The van der Waals surface area contributed by atoms with Crippen molar-refractivity contribution in [2.45, 2.75) is 29.7 Å². The van der Waals surface area contributed by atoms with Crippen LogP contribution in [0, 0.1) is 5.92 Å². The summed E-state index contributed by atoms with van der Waals surface area (Å²) >= 11 is -0.255. The molecule has 1 atom stereocenters. The van der Waals surface area contributed by atoms with Gasteiger partial charge in [0.05, 0.1) is 29.0 Å². The summed E-state index contributed by atoms with van der Waals surface area (Å²) in [4.78, 5) is 40.3. The van der Waals surface area contributed by atoms with Gasteiger partial charge >= 0.3 is 17.5 Å². The topological polar surface area (TPSA) is 121 Å². The summed E-state index contributed by atoms with van der Waals surface area (Å²) in [5.74, 6) is -2.01. The molecule has 48 heavy (non-hydrogen) atoms. The number of urea groups is 1. The number of anilines is 2. The number of amides is 2. The highest BCUT2D eigenvalue weighted by atomic mass is 32.2. The SMILES string of the molecule is CN(C)CCC(CCC(=O)n1cc(NC(=O)Nc2ccc(SC(F)(F)F)cc2)c2cc(-c3cnn(-c4ccccc4)c3)ccc21)C(=O)O. The Labute approximate surface area is 278 Å². The summed E-state index contributed by atoms with van der Waals surface area (Å²) in [6.45, 7) is 0.564. The summed E-state index contributed by atoms with van der Waals surface area (Å²) in [5.41, 5.74) is -0.926. The van der Waals surface area contributed by atoms with E-state index in [9.17, 15) is 32.7 Å². The fraction of sp³-hybridized carbons (Fsp3) is 0.235. The Bertz CT molecular complexity index is 1910. The molecule has 1 unspecified atom stereocenters. The number of nitrogens with zero attached hydrogens (tertiary/aromatic N) is 4. The second-order valence-electron chi connectivity index (χ2n) is 11.4. The van der Waals surface area contributed by atoms with Crippen molar-refractivity contribution in [3.05, 3.63) is 91.4 Å². The Hall–Kier alpha value is -5.08. The monoisotopic (exact) mass is 678 g/mol. The second kappa shape index (κ2) is 14.8. The average Bonchev–Trinajstić information content (AvgIpc) is 3.67. The van der Waals surface area contributed by atoms with Crippen LogP contribution in [0.15, 0.2) is 96.3 Å². The molecule has 5 rings (SSSR count). The van der Waals surface area contributed by atoms with E-state index in [2.05, 4.69) is 15.7 Å². The van der Waals surface area contributed by atoms with Gasteiger partial charge in [0.1, 0.15) is 0 Å². The van der Waals surface area contributed by atoms with Crippen molar-refractivity contribution >= 4 is 51.9 Å². The Morgan fingerprint density at radius 3 is 2.33 bits per heavy atom. The normalized spacial score (nSPS) is 12.3. The zero-order chi connectivity index (χ0) is 34.4. The Morgan fingerprint density at radius 1 is 0.938 bits per heavy atom. The van der Waals surface area contributed by atoms with E-state index in [-0.39, 0.29) is 41.1 Å². The van der Waals surface area contributed by atoms with Crippen LogP contribution in [0.4, 0.5) is 29.3 Å². The summed E-state index contributed by atoms with van der Waals surface area (Å²) in [6.07, 6.45) is 5.56. The van der Waals surface area contributed by atoms with Crippen LogP contribution >= 0.6 is 11.8 Å². The van der Waals surface area contributed by atoms with Gasteiger partial charge in [0, 0.05) is 40.3 Å². The minimum absolute atomic E-state index is 0.0231. The number of rotatable bonds is 12. The molecule has 0 saturated heterocycles. The van der Waals surface area contributed by atoms with E-state index < -0.39 is 23.4 Å². The number of carboxylic acid groups (broad SMARTS) is 1. The van der Waals surface area contributed by atoms with Crippen LogP contribution in [-0.2, 0) is 4.79 Å². The summed E-state index contributed by atoms with van der Waals surface area (Å²) in [6, 6.07) is 19.5. The lowest BCUT2D eigenvalue weighted by molar-refractivity contribution is -0.142. The third kappa shape index (κ3) is 8.83. The molecule has 2 amide bonds. The van der Waals surface area contributed by atoms with Gasteiger partial charge in [0.15, 0.2) is 0 Å². The van der Waals surface area contributed by atoms with Crippen LogP contribution in [0.25, 0.3) is 27.7 Å². The number of aliphatic carboxylic acids is 1. The van der Waals surface area contributed by atoms with Crippen molar-refractivity contribution < 1.29 is 32.7 Å². The van der Waals surface area contributed by atoms with Crippen molar-refractivity contribution in [1.82, 2.24) is 19.2 Å². The summed E-state index contributed by atoms with van der Waals surface area (Å²) in [7, 11) is 3.70. The van der Waals surface area contributed by atoms with E-state index in [1.54, 1.807) is 16.9 Å². The lowest BCUT2D eigenvalue weighted by Crippen LogP contribution is -2.23. The molecule has 250 valence electrons. The smallest absolute Gasteiger partial charge is 0.446 e. The highest BCUT2D eigenvalue weighted by Crippen LogP contribution is 2.37. The van der Waals surface area contributed by atoms with Crippen LogP contribution in [-0.4, -0.2) is 68.4 Å². The third-order valence-corrected chi connectivity index (χ3v) is 8.32. The number of benzene rings is 3. The maximum atomic E-state index is 13.5. The zero-order valence-corrected chi connectivity index (χ0v) is 26.9. The molecule has 2 heterocycles. The molecule has 0 bridgehead atoms. The lowest BCUT2D eigenvalue weighted by Gasteiger charge is -2.15. The van der Waals surface area contributed by atoms with Crippen molar-refractivity contribution in [2.75, 3.05) is 31.3 Å². The highest BCUT2D eigenvalue weighted by molar-refractivity contribution is 8.00. The van der Waals surface area contributed by atoms with Crippen LogP contribution in [0.3, 0.4) is 0 Å². The number of carbonyl (C=O) groups excluding carboxylic acids is 2. The number of alkyl halides is 3. The summed E-state index contributed by atoms with van der Waals surface area (Å²) < 4.78 is 41.3. The van der Waals surface area contributed by atoms with E-state index in [0.29, 0.717) is 29.6 Å². The molecule has 0 radical (unpaired) electrons. The fourth-order valence-corrected chi connectivity index (χ4v) is 5.70. The molecule has 0 fully saturated rings. The maximum absolute atomic E-state index is 13.5. The van der Waals surface area contributed by atoms with E-state index in [0.717, 1.165) is 16.8 Å². The molecular formula is C34H33F3N6O4S. The fourth-order valence-electron chi connectivity index (χ4n) is 5.16. The molecule has 0 saturated carbocycles. The Balaban J connectivity index is 1.41. The Kier molecular flexibility index (Phi) is 10.5. The number of para-hydroxylation sites is 1. The average molecular weight is 679 g/mol. The zero-order valence-electron chi connectivity index (χ0n) is 26.1. The number of thioether (sulfide) groups is 1. The van der Waals surface area contributed by atoms with Gasteiger partial charge in [-0.05, 0) is 99.3 Å². The largest absolute Gasteiger partial charge is 0.481 e. The minimum atomic E-state index is -4.43. The van der Waals surface area contributed by atoms with E-state index in [4.69, 9.17) is 0 Å². The molecule has 5 aromatic rings. The third-order valence-electron chi connectivity index (χ3n) is 7.58. The van der Waals surface area contributed by atoms with E-state index >= 15 is 0 Å². The number of carboxylic acids is 1. The first kappa shape index (κ1) is 34.3. The molecule has 0 aliphatic heterocycles. The molecule has 14 heteroatoms. The first-order valence-electron chi connectivity index (χ1n) is 15.0. The molecule has 2 aromatic heterocycles. The predicted molar refractivity (Wildman–Crippen MR) is 180 cm³/mol.